The molecule has 2 aromatic carbocycles. The second-order valence-corrected chi connectivity index (χ2v) is 5.61. The lowest BCUT2D eigenvalue weighted by atomic mass is 10.1. The average molecular weight is 355 g/mol. The third-order valence-electron chi connectivity index (χ3n) is 3.85. The highest BCUT2D eigenvalue weighted by Gasteiger charge is 2.14. The van der Waals surface area contributed by atoms with E-state index in [1.54, 1.807) is 54.6 Å². The van der Waals surface area contributed by atoms with Crippen LogP contribution in [0.4, 0.5) is 5.69 Å². The molecule has 4 rings (SSSR count). The Kier molecular flexibility index (Phi) is 4.25. The number of carbonyl (C=O) groups excluding carboxylic acids is 1. The van der Waals surface area contributed by atoms with E-state index in [1.807, 2.05) is 6.07 Å². The number of rotatable bonds is 4. The Morgan fingerprint density at radius 1 is 1.00 bits per heavy atom. The average Bonchev–Trinajstić information content (AvgIpc) is 3.39. The van der Waals surface area contributed by atoms with Gasteiger partial charge in [0.25, 0.3) is 11.8 Å². The summed E-state index contributed by atoms with van der Waals surface area (Å²) in [7, 11) is 0. The van der Waals surface area contributed by atoms with E-state index >= 15 is 0 Å². The summed E-state index contributed by atoms with van der Waals surface area (Å²) in [6.45, 7) is 0. The normalized spacial score (nSPS) is 10.3. The Bertz CT molecular complexity index is 1140. The summed E-state index contributed by atoms with van der Waals surface area (Å²) in [4.78, 5) is 12.5. The number of aromatic nitrogens is 2. The number of furan rings is 1. The number of nitrogens with zero attached hydrogens (tertiary/aromatic N) is 2. The van der Waals surface area contributed by atoms with Crippen molar-refractivity contribution in [2.45, 2.75) is 0 Å². The lowest BCUT2D eigenvalue weighted by Crippen LogP contribution is -2.13. The molecule has 0 fully saturated rings. The standard InChI is InChI=1S/C21H13N3O3/c1-2-14-7-3-4-10-17(14)19(25)22-16-9-5-8-15(13-16)20-23-24-21(27-20)18-11-6-12-26-18/h1,3-13H,(H,22,25). The molecular weight excluding hydrogens is 342 g/mol. The molecule has 0 saturated heterocycles. The van der Waals surface area contributed by atoms with E-state index in [-0.39, 0.29) is 11.8 Å². The van der Waals surface area contributed by atoms with Gasteiger partial charge in [0.2, 0.25) is 5.89 Å². The number of nitrogens with one attached hydrogen (secondary N) is 1. The molecule has 0 spiro atoms. The van der Waals surface area contributed by atoms with Crippen molar-refractivity contribution in [3.63, 3.8) is 0 Å². The smallest absolute Gasteiger partial charge is 0.283 e. The molecule has 2 heterocycles. The van der Waals surface area contributed by atoms with Crippen molar-refractivity contribution in [1.82, 2.24) is 10.2 Å². The molecule has 0 aliphatic rings. The number of amides is 1. The van der Waals surface area contributed by atoms with Crippen LogP contribution in [0.1, 0.15) is 15.9 Å². The zero-order valence-corrected chi connectivity index (χ0v) is 14.0. The van der Waals surface area contributed by atoms with Crippen LogP contribution in [0.2, 0.25) is 0 Å². The van der Waals surface area contributed by atoms with Gasteiger partial charge in [0.15, 0.2) is 5.76 Å². The first-order valence-electron chi connectivity index (χ1n) is 8.09. The molecule has 0 aliphatic carbocycles. The van der Waals surface area contributed by atoms with Crippen LogP contribution in [0.3, 0.4) is 0 Å². The topological polar surface area (TPSA) is 81.2 Å². The van der Waals surface area contributed by atoms with Gasteiger partial charge in [0.05, 0.1) is 11.8 Å². The highest BCUT2D eigenvalue weighted by atomic mass is 16.4. The second-order valence-electron chi connectivity index (χ2n) is 5.61. The van der Waals surface area contributed by atoms with Crippen molar-refractivity contribution in [2.75, 3.05) is 5.32 Å². The van der Waals surface area contributed by atoms with Gasteiger partial charge in [0.1, 0.15) is 0 Å². The summed E-state index contributed by atoms with van der Waals surface area (Å²) in [6, 6.07) is 17.5. The molecule has 2 aromatic heterocycles. The predicted molar refractivity (Wildman–Crippen MR) is 99.8 cm³/mol. The fraction of sp³-hybridized carbons (Fsp3) is 0. The third kappa shape index (κ3) is 3.34. The van der Waals surface area contributed by atoms with Crippen molar-refractivity contribution in [3.8, 4) is 35.4 Å². The first-order chi connectivity index (χ1) is 13.2. The zero-order chi connectivity index (χ0) is 18.6. The lowest BCUT2D eigenvalue weighted by Gasteiger charge is -2.07. The van der Waals surface area contributed by atoms with Crippen LogP contribution < -0.4 is 5.32 Å². The number of carbonyl (C=O) groups is 1. The number of hydrogen-bond donors (Lipinski definition) is 1. The molecule has 0 saturated carbocycles. The summed E-state index contributed by atoms with van der Waals surface area (Å²) in [6.07, 6.45) is 6.99. The molecular formula is C21H13N3O3. The van der Waals surface area contributed by atoms with Crippen molar-refractivity contribution in [3.05, 3.63) is 78.1 Å². The molecule has 0 radical (unpaired) electrons. The number of terminal acetylenes is 1. The van der Waals surface area contributed by atoms with E-state index in [9.17, 15) is 4.79 Å². The van der Waals surface area contributed by atoms with Crippen LogP contribution in [0.5, 0.6) is 0 Å². The summed E-state index contributed by atoms with van der Waals surface area (Å²) in [5, 5.41) is 10.8. The zero-order valence-electron chi connectivity index (χ0n) is 14.0. The molecule has 130 valence electrons. The first-order valence-corrected chi connectivity index (χ1v) is 8.09. The predicted octanol–water partition coefficient (Wildman–Crippen LogP) is 4.23. The second kappa shape index (κ2) is 7.02. The minimum atomic E-state index is -0.289. The van der Waals surface area contributed by atoms with E-state index in [2.05, 4.69) is 21.4 Å². The highest BCUT2D eigenvalue weighted by Crippen LogP contribution is 2.26. The largest absolute Gasteiger partial charge is 0.459 e. The van der Waals surface area contributed by atoms with E-state index < -0.39 is 0 Å². The molecule has 1 N–H and O–H groups in total. The number of benzene rings is 2. The molecule has 0 unspecified atom stereocenters. The molecule has 1 amide bonds. The van der Waals surface area contributed by atoms with Crippen LogP contribution in [0.25, 0.3) is 23.1 Å². The molecule has 27 heavy (non-hydrogen) atoms. The van der Waals surface area contributed by atoms with Gasteiger partial charge in [-0.2, -0.15) is 0 Å². The minimum Gasteiger partial charge on any atom is -0.459 e. The van der Waals surface area contributed by atoms with Crippen molar-refractivity contribution in [1.29, 1.82) is 0 Å². The fourth-order valence-electron chi connectivity index (χ4n) is 2.58. The SMILES string of the molecule is C#Cc1ccccc1C(=O)Nc1cccc(-c2nnc(-c3ccco3)o2)c1. The first kappa shape index (κ1) is 16.4. The lowest BCUT2D eigenvalue weighted by molar-refractivity contribution is 0.102. The van der Waals surface area contributed by atoms with E-state index in [1.165, 1.54) is 6.26 Å². The Hall–Kier alpha value is -4.11. The Morgan fingerprint density at radius 2 is 1.85 bits per heavy atom. The van der Waals surface area contributed by atoms with Gasteiger partial charge in [-0.05, 0) is 42.5 Å². The quantitative estimate of drug-likeness (QED) is 0.554. The van der Waals surface area contributed by atoms with E-state index in [4.69, 9.17) is 15.3 Å². The minimum absolute atomic E-state index is 0.285. The Morgan fingerprint density at radius 3 is 2.67 bits per heavy atom. The Balaban J connectivity index is 1.58. The molecule has 0 bridgehead atoms. The van der Waals surface area contributed by atoms with Crippen LogP contribution in [0.15, 0.2) is 75.8 Å². The summed E-state index contributed by atoms with van der Waals surface area (Å²) in [5.74, 6) is 3.32. The van der Waals surface area contributed by atoms with E-state index in [0.29, 0.717) is 34.0 Å². The maximum Gasteiger partial charge on any atom is 0.283 e. The Labute approximate surface area is 154 Å². The van der Waals surface area contributed by atoms with Gasteiger partial charge in [-0.1, -0.05) is 24.1 Å². The molecule has 0 aliphatic heterocycles. The van der Waals surface area contributed by atoms with Crippen LogP contribution in [0, 0.1) is 12.3 Å². The summed E-state index contributed by atoms with van der Waals surface area (Å²) < 4.78 is 10.9. The monoisotopic (exact) mass is 355 g/mol. The van der Waals surface area contributed by atoms with Gasteiger partial charge < -0.3 is 14.2 Å². The van der Waals surface area contributed by atoms with Gasteiger partial charge in [-0.15, -0.1) is 16.6 Å². The van der Waals surface area contributed by atoms with Gasteiger partial charge in [-0.25, -0.2) is 0 Å². The molecule has 4 aromatic rings. The third-order valence-corrected chi connectivity index (χ3v) is 3.85. The van der Waals surface area contributed by atoms with Gasteiger partial charge >= 0.3 is 0 Å². The molecule has 6 nitrogen and oxygen atoms in total. The van der Waals surface area contributed by atoms with Gasteiger partial charge in [-0.3, -0.25) is 4.79 Å². The van der Waals surface area contributed by atoms with Crippen molar-refractivity contribution in [2.24, 2.45) is 0 Å². The summed E-state index contributed by atoms with van der Waals surface area (Å²) in [5.41, 5.74) is 2.22. The fourth-order valence-corrected chi connectivity index (χ4v) is 2.58. The number of anilines is 1. The molecule has 6 heteroatoms. The number of hydrogen-bond acceptors (Lipinski definition) is 5. The van der Waals surface area contributed by atoms with Crippen LogP contribution >= 0.6 is 0 Å². The van der Waals surface area contributed by atoms with Crippen molar-refractivity contribution < 1.29 is 13.6 Å². The van der Waals surface area contributed by atoms with Crippen LogP contribution in [-0.4, -0.2) is 16.1 Å². The van der Waals surface area contributed by atoms with E-state index in [0.717, 1.165) is 0 Å². The van der Waals surface area contributed by atoms with Crippen LogP contribution in [-0.2, 0) is 0 Å². The maximum atomic E-state index is 12.5. The highest BCUT2D eigenvalue weighted by molar-refractivity contribution is 6.06. The molecule has 0 atom stereocenters. The van der Waals surface area contributed by atoms with Gasteiger partial charge in [0, 0.05) is 16.8 Å². The summed E-state index contributed by atoms with van der Waals surface area (Å²) >= 11 is 0. The van der Waals surface area contributed by atoms with Crippen molar-refractivity contribution >= 4 is 11.6 Å². The maximum absolute atomic E-state index is 12.5.